The molecule has 0 heteroatoms. The first-order valence-corrected chi connectivity index (χ1v) is 2.00. The molecular formula is C8H8. The first kappa shape index (κ1) is 1.10. The van der Waals surface area contributed by atoms with Crippen LogP contribution in [0.5, 0.6) is 0 Å². The van der Waals surface area contributed by atoms with Gasteiger partial charge in [-0.3, -0.25) is 0 Å². The number of rotatable bonds is 1. The van der Waals surface area contributed by atoms with Gasteiger partial charge in [-0.15, -0.1) is 0 Å². The number of hydrogen-bond donors (Lipinski definition) is 0. The molecule has 0 aliphatic carbocycles. The van der Waals surface area contributed by atoms with Gasteiger partial charge in [0, 0.05) is 0 Å². The van der Waals surface area contributed by atoms with Gasteiger partial charge in [-0.05, 0) is 5.56 Å². The van der Waals surface area contributed by atoms with E-state index >= 15 is 0 Å². The largest absolute Gasteiger partial charge is 0.0985 e. The zero-order valence-corrected chi connectivity index (χ0v) is 4.00. The Balaban J connectivity index is 3.72. The van der Waals surface area contributed by atoms with Crippen LogP contribution in [0.2, 0.25) is 0 Å². The summed E-state index contributed by atoms with van der Waals surface area (Å²) in [5, 5.41) is 0. The minimum absolute atomic E-state index is 0.411. The Labute approximate surface area is 60.7 Å². The van der Waals surface area contributed by atoms with E-state index in [1.807, 2.05) is 0 Å². The van der Waals surface area contributed by atoms with E-state index in [9.17, 15) is 0 Å². The Morgan fingerprint density at radius 3 is 3.00 bits per heavy atom. The molecule has 0 saturated carbocycles. The van der Waals surface area contributed by atoms with Crippen LogP contribution < -0.4 is 0 Å². The molecule has 0 unspecified atom stereocenters. The monoisotopic (exact) mass is 112 g/mol. The van der Waals surface area contributed by atoms with Crippen LogP contribution in [0.4, 0.5) is 0 Å². The summed E-state index contributed by atoms with van der Waals surface area (Å²) in [5.41, 5.74) is -0.411. The van der Waals surface area contributed by atoms with E-state index in [1.54, 1.807) is 0 Å². The van der Waals surface area contributed by atoms with Gasteiger partial charge in [-0.25, -0.2) is 0 Å². The van der Waals surface area contributed by atoms with E-state index < -0.39 is 48.4 Å². The normalized spacial score (nSPS) is 22.0. The van der Waals surface area contributed by atoms with Crippen LogP contribution in [0.3, 0.4) is 0 Å². The maximum absolute atomic E-state index is 7.47. The van der Waals surface area contributed by atoms with Crippen molar-refractivity contribution in [2.24, 2.45) is 0 Å². The minimum atomic E-state index is -0.890. The minimum Gasteiger partial charge on any atom is -0.0985 e. The molecule has 0 saturated heterocycles. The van der Waals surface area contributed by atoms with Crippen molar-refractivity contribution in [3.63, 3.8) is 0 Å². The molecule has 0 bridgehead atoms. The lowest BCUT2D eigenvalue weighted by Crippen LogP contribution is -1.63. The van der Waals surface area contributed by atoms with Crippen LogP contribution in [0, 0.1) is 0 Å². The Bertz CT molecular complexity index is 442. The summed E-state index contributed by atoms with van der Waals surface area (Å²) in [6, 6.07) is -3.50. The molecule has 0 nitrogen and oxygen atoms in total. The highest BCUT2D eigenvalue weighted by Gasteiger charge is 1.75. The van der Waals surface area contributed by atoms with Gasteiger partial charge in [0.1, 0.15) is 0 Å². The van der Waals surface area contributed by atoms with Crippen LogP contribution in [0.15, 0.2) is 36.7 Å². The van der Waals surface area contributed by atoms with Crippen molar-refractivity contribution >= 4 is 6.05 Å². The van der Waals surface area contributed by atoms with Crippen molar-refractivity contribution in [1.29, 1.82) is 0 Å². The molecule has 0 aliphatic rings. The lowest BCUT2D eigenvalue weighted by atomic mass is 10.2. The Hall–Kier alpha value is -1.04. The van der Waals surface area contributed by atoms with E-state index in [-0.39, 0.29) is 0 Å². The molecule has 8 heavy (non-hydrogen) atoms. The van der Waals surface area contributed by atoms with Gasteiger partial charge in [-0.2, -0.15) is 0 Å². The van der Waals surface area contributed by atoms with Gasteiger partial charge in [-0.1, -0.05) is 42.8 Å². The third-order valence-corrected chi connectivity index (χ3v) is 0.625. The van der Waals surface area contributed by atoms with Crippen LogP contribution >= 0.6 is 0 Å². The van der Waals surface area contributed by atoms with E-state index in [0.29, 0.717) is 0 Å². The van der Waals surface area contributed by atoms with Crippen molar-refractivity contribution < 1.29 is 11.0 Å². The van der Waals surface area contributed by atoms with Crippen LogP contribution in [0.1, 0.15) is 16.5 Å². The molecule has 0 atom stereocenters. The maximum atomic E-state index is 7.47. The third kappa shape index (κ3) is 0.969. The first-order chi connectivity index (χ1) is 7.29. The fraction of sp³-hybridized carbons (Fsp3) is 0. The summed E-state index contributed by atoms with van der Waals surface area (Å²) in [5.74, 6) is 0. The second kappa shape index (κ2) is 2.31. The highest BCUT2D eigenvalue weighted by Crippen LogP contribution is 1.97. The molecule has 0 spiro atoms. The lowest BCUT2D eigenvalue weighted by Gasteiger charge is -1.85. The second-order valence-corrected chi connectivity index (χ2v) is 1.12. The predicted molar refractivity (Wildman–Crippen MR) is 36.5 cm³/mol. The molecule has 0 heterocycles. The van der Waals surface area contributed by atoms with Crippen LogP contribution in [-0.2, 0) is 0 Å². The smallest absolute Gasteiger partial charge is 0.0629 e. The average molecular weight is 112 g/mol. The fourth-order valence-electron chi connectivity index (χ4n) is 0.312. The topological polar surface area (TPSA) is 0 Å². The van der Waals surface area contributed by atoms with Crippen molar-refractivity contribution in [2.45, 2.75) is 0 Å². The van der Waals surface area contributed by atoms with Gasteiger partial charge in [0.15, 0.2) is 0 Å². The molecule has 0 aliphatic heterocycles. The third-order valence-electron chi connectivity index (χ3n) is 0.625. The SMILES string of the molecule is [2H]C([2H])=C([2H])c1c([2H])c([2H])c([2H])c([2H])c1[2H]. The zero-order valence-electron chi connectivity index (χ0n) is 12.0. The molecule has 0 radical (unpaired) electrons. The Kier molecular flexibility index (Phi) is 0.320. The van der Waals surface area contributed by atoms with Crippen molar-refractivity contribution in [3.8, 4) is 0 Å². The van der Waals surface area contributed by atoms with Gasteiger partial charge < -0.3 is 0 Å². The van der Waals surface area contributed by atoms with E-state index in [2.05, 4.69) is 0 Å². The first-order valence-electron chi connectivity index (χ1n) is 6.00. The van der Waals surface area contributed by atoms with Crippen molar-refractivity contribution in [3.05, 3.63) is 42.3 Å². The molecule has 1 aromatic rings. The molecule has 0 amide bonds. The molecule has 0 fully saturated rings. The molecule has 1 rings (SSSR count). The highest BCUT2D eigenvalue weighted by atomic mass is 13.8. The Morgan fingerprint density at radius 1 is 1.62 bits per heavy atom. The van der Waals surface area contributed by atoms with E-state index in [4.69, 9.17) is 11.0 Å². The van der Waals surface area contributed by atoms with E-state index in [0.717, 1.165) is 0 Å². The van der Waals surface area contributed by atoms with Crippen LogP contribution in [0.25, 0.3) is 6.05 Å². The summed E-state index contributed by atoms with van der Waals surface area (Å²) in [7, 11) is 0. The second-order valence-electron chi connectivity index (χ2n) is 1.12. The van der Waals surface area contributed by atoms with Gasteiger partial charge >= 0.3 is 0 Å². The van der Waals surface area contributed by atoms with Gasteiger partial charge in [0.05, 0.1) is 11.0 Å². The highest BCUT2D eigenvalue weighted by molar-refractivity contribution is 5.45. The summed E-state index contributed by atoms with van der Waals surface area (Å²) < 4.78 is 58.1. The standard InChI is InChI=1S/C8H8/c1-2-8-6-4-3-5-7-8/h2-7H,1H2/i1D2,2D,3D,4D,5D,6D,7D. The van der Waals surface area contributed by atoms with Gasteiger partial charge in [0.25, 0.3) is 0 Å². The van der Waals surface area contributed by atoms with Crippen molar-refractivity contribution in [1.82, 2.24) is 0 Å². The van der Waals surface area contributed by atoms with E-state index in [1.165, 1.54) is 0 Å². The molecule has 1 aromatic carbocycles. The quantitative estimate of drug-likeness (QED) is 0.523. The summed E-state index contributed by atoms with van der Waals surface area (Å²) in [6.45, 7) is -0.890. The fourth-order valence-corrected chi connectivity index (χ4v) is 0.312. The van der Waals surface area contributed by atoms with Gasteiger partial charge in [0.2, 0.25) is 0 Å². The number of benzene rings is 1. The summed E-state index contributed by atoms with van der Waals surface area (Å²) >= 11 is 0. The lowest BCUT2D eigenvalue weighted by molar-refractivity contribution is 1.67. The molecule has 40 valence electrons. The number of hydrogen-bond acceptors (Lipinski definition) is 0. The molecule has 0 N–H and O–H groups in total. The maximum Gasteiger partial charge on any atom is 0.0629 e. The Morgan fingerprint density at radius 2 is 2.38 bits per heavy atom. The summed E-state index contributed by atoms with van der Waals surface area (Å²) in [6.07, 6.45) is 0. The van der Waals surface area contributed by atoms with Crippen LogP contribution in [-0.4, -0.2) is 0 Å². The average Bonchev–Trinajstić information content (AvgIpc) is 2.23. The molecule has 0 aromatic heterocycles. The summed E-state index contributed by atoms with van der Waals surface area (Å²) in [4.78, 5) is 0. The zero-order chi connectivity index (χ0) is 12.6. The molecular weight excluding hydrogens is 96.1 g/mol. The predicted octanol–water partition coefficient (Wildman–Crippen LogP) is 2.33. The van der Waals surface area contributed by atoms with Crippen molar-refractivity contribution in [2.75, 3.05) is 0 Å².